The first-order valence-electron chi connectivity index (χ1n) is 8.06. The molecule has 0 bridgehead atoms. The van der Waals surface area contributed by atoms with Crippen molar-refractivity contribution in [2.24, 2.45) is 5.41 Å². The Balaban J connectivity index is 2.02. The Morgan fingerprint density at radius 1 is 1.30 bits per heavy atom. The molecule has 0 amide bonds. The van der Waals surface area contributed by atoms with E-state index in [9.17, 15) is 0 Å². The van der Waals surface area contributed by atoms with E-state index in [1.165, 1.54) is 54.5 Å². The first kappa shape index (κ1) is 15.8. The van der Waals surface area contributed by atoms with Crippen molar-refractivity contribution in [2.45, 2.75) is 59.9 Å². The minimum Gasteiger partial charge on any atom is -0.348 e. The molecule has 0 atom stereocenters. The molecule has 2 rings (SSSR count). The minimum atomic E-state index is 0.528. The van der Waals surface area contributed by atoms with Crippen molar-refractivity contribution >= 4 is 16.5 Å². The molecule has 1 fully saturated rings. The highest BCUT2D eigenvalue weighted by molar-refractivity contribution is 7.15. The molecule has 0 unspecified atom stereocenters. The van der Waals surface area contributed by atoms with Crippen LogP contribution in [-0.2, 0) is 6.54 Å². The fourth-order valence-electron chi connectivity index (χ4n) is 3.02. The molecular formula is C16H29N3S. The molecule has 1 aromatic heterocycles. The third kappa shape index (κ3) is 3.34. The number of thiazole rings is 1. The molecule has 1 N–H and O–H groups in total. The van der Waals surface area contributed by atoms with Crippen LogP contribution >= 0.6 is 11.3 Å². The number of aromatic nitrogens is 1. The van der Waals surface area contributed by atoms with E-state index in [2.05, 4.69) is 37.9 Å². The summed E-state index contributed by atoms with van der Waals surface area (Å²) in [6.07, 6.45) is 5.08. The number of rotatable bonds is 7. The molecule has 1 saturated heterocycles. The fraction of sp³-hybridized carbons (Fsp3) is 0.812. The lowest BCUT2D eigenvalue weighted by Crippen LogP contribution is -2.25. The van der Waals surface area contributed by atoms with Crippen LogP contribution in [0, 0.1) is 12.3 Å². The number of aryl methyl sites for hydroxylation is 1. The van der Waals surface area contributed by atoms with Crippen molar-refractivity contribution in [2.75, 3.05) is 24.5 Å². The molecular weight excluding hydrogens is 266 g/mol. The van der Waals surface area contributed by atoms with Crippen LogP contribution in [0.1, 0.15) is 57.0 Å². The highest BCUT2D eigenvalue weighted by Gasteiger charge is 2.36. The first-order valence-corrected chi connectivity index (χ1v) is 8.87. The Kier molecular flexibility index (Phi) is 5.44. The predicted octanol–water partition coefficient (Wildman–Crippen LogP) is 3.97. The van der Waals surface area contributed by atoms with Crippen LogP contribution in [0.25, 0.3) is 0 Å². The van der Waals surface area contributed by atoms with Crippen LogP contribution < -0.4 is 10.2 Å². The number of nitrogens with zero attached hydrogens (tertiary/aromatic N) is 2. The highest BCUT2D eigenvalue weighted by atomic mass is 32.1. The molecule has 4 heteroatoms. The average molecular weight is 295 g/mol. The topological polar surface area (TPSA) is 28.2 Å². The van der Waals surface area contributed by atoms with Crippen LogP contribution in [0.4, 0.5) is 5.13 Å². The summed E-state index contributed by atoms with van der Waals surface area (Å²) in [4.78, 5) is 8.72. The standard InChI is InChI=1S/C16H29N3S/c1-5-9-17-11-14-13(4)18-15(20-14)19-10-8-16(6-2,7-3)12-19/h17H,5-12H2,1-4H3. The number of nitrogens with one attached hydrogen (secondary N) is 1. The van der Waals surface area contributed by atoms with Gasteiger partial charge in [0.2, 0.25) is 0 Å². The lowest BCUT2D eigenvalue weighted by atomic mass is 9.82. The lowest BCUT2D eigenvalue weighted by molar-refractivity contribution is 0.301. The molecule has 1 aromatic rings. The molecule has 3 nitrogen and oxygen atoms in total. The predicted molar refractivity (Wildman–Crippen MR) is 88.7 cm³/mol. The fourth-order valence-corrected chi connectivity index (χ4v) is 4.07. The molecule has 1 aliphatic rings. The van der Waals surface area contributed by atoms with Gasteiger partial charge in [-0.05, 0) is 44.6 Å². The van der Waals surface area contributed by atoms with E-state index < -0.39 is 0 Å². The smallest absolute Gasteiger partial charge is 0.185 e. The van der Waals surface area contributed by atoms with Crippen LogP contribution in [0.5, 0.6) is 0 Å². The second kappa shape index (κ2) is 6.90. The van der Waals surface area contributed by atoms with Gasteiger partial charge in [0.25, 0.3) is 0 Å². The molecule has 0 saturated carbocycles. The van der Waals surface area contributed by atoms with Gasteiger partial charge in [0.15, 0.2) is 5.13 Å². The summed E-state index contributed by atoms with van der Waals surface area (Å²) < 4.78 is 0. The summed E-state index contributed by atoms with van der Waals surface area (Å²) in [7, 11) is 0. The van der Waals surface area contributed by atoms with Gasteiger partial charge in [-0.15, -0.1) is 11.3 Å². The first-order chi connectivity index (χ1) is 9.64. The van der Waals surface area contributed by atoms with Crippen molar-refractivity contribution in [3.63, 3.8) is 0 Å². The van der Waals surface area contributed by atoms with Gasteiger partial charge >= 0.3 is 0 Å². The van der Waals surface area contributed by atoms with Crippen molar-refractivity contribution < 1.29 is 0 Å². The molecule has 1 aliphatic heterocycles. The SMILES string of the molecule is CCCNCc1sc(N2CCC(CC)(CC)C2)nc1C. The van der Waals surface area contributed by atoms with Gasteiger partial charge in [0.1, 0.15) is 0 Å². The average Bonchev–Trinajstić information content (AvgIpc) is 3.04. The molecule has 0 radical (unpaired) electrons. The van der Waals surface area contributed by atoms with Gasteiger partial charge < -0.3 is 10.2 Å². The van der Waals surface area contributed by atoms with Gasteiger partial charge in [0.05, 0.1) is 5.69 Å². The quantitative estimate of drug-likeness (QED) is 0.772. The molecule has 114 valence electrons. The van der Waals surface area contributed by atoms with Crippen LogP contribution in [0.2, 0.25) is 0 Å². The number of hydrogen-bond acceptors (Lipinski definition) is 4. The van der Waals surface area contributed by atoms with Crippen molar-refractivity contribution in [1.82, 2.24) is 10.3 Å². The van der Waals surface area contributed by atoms with Gasteiger partial charge in [-0.25, -0.2) is 4.98 Å². The maximum absolute atomic E-state index is 4.81. The minimum absolute atomic E-state index is 0.528. The van der Waals surface area contributed by atoms with E-state index in [1.54, 1.807) is 0 Å². The Labute approximate surface area is 127 Å². The molecule has 2 heterocycles. The summed E-state index contributed by atoms with van der Waals surface area (Å²) in [5, 5.41) is 4.72. The maximum atomic E-state index is 4.81. The summed E-state index contributed by atoms with van der Waals surface area (Å²) in [5.41, 5.74) is 1.74. The Morgan fingerprint density at radius 3 is 2.65 bits per heavy atom. The third-order valence-corrected chi connectivity index (χ3v) is 6.02. The normalized spacial score (nSPS) is 17.9. The summed E-state index contributed by atoms with van der Waals surface area (Å²) >= 11 is 1.88. The monoisotopic (exact) mass is 295 g/mol. The Morgan fingerprint density at radius 2 is 2.05 bits per heavy atom. The molecule has 0 aromatic carbocycles. The van der Waals surface area contributed by atoms with E-state index in [0.29, 0.717) is 5.41 Å². The second-order valence-corrected chi connectivity index (χ2v) is 7.12. The summed E-state index contributed by atoms with van der Waals surface area (Å²) in [5.74, 6) is 0. The Hall–Kier alpha value is -0.610. The molecule has 0 aliphatic carbocycles. The largest absolute Gasteiger partial charge is 0.348 e. The van der Waals surface area contributed by atoms with Crippen molar-refractivity contribution in [3.05, 3.63) is 10.6 Å². The van der Waals surface area contributed by atoms with E-state index in [4.69, 9.17) is 4.98 Å². The highest BCUT2D eigenvalue weighted by Crippen LogP contribution is 2.40. The van der Waals surface area contributed by atoms with E-state index in [0.717, 1.165) is 13.1 Å². The number of hydrogen-bond donors (Lipinski definition) is 1. The zero-order valence-electron chi connectivity index (χ0n) is 13.5. The van der Waals surface area contributed by atoms with Gasteiger partial charge in [0, 0.05) is 24.5 Å². The zero-order valence-corrected chi connectivity index (χ0v) is 14.3. The number of anilines is 1. The summed E-state index contributed by atoms with van der Waals surface area (Å²) in [6, 6.07) is 0. The van der Waals surface area contributed by atoms with Crippen molar-refractivity contribution in [3.8, 4) is 0 Å². The zero-order chi connectivity index (χ0) is 14.6. The van der Waals surface area contributed by atoms with Gasteiger partial charge in [-0.3, -0.25) is 0 Å². The van der Waals surface area contributed by atoms with Crippen LogP contribution in [-0.4, -0.2) is 24.6 Å². The second-order valence-electron chi connectivity index (χ2n) is 6.06. The van der Waals surface area contributed by atoms with E-state index in [-0.39, 0.29) is 0 Å². The summed E-state index contributed by atoms with van der Waals surface area (Å²) in [6.45, 7) is 13.4. The van der Waals surface area contributed by atoms with Crippen LogP contribution in [0.3, 0.4) is 0 Å². The molecule has 0 spiro atoms. The van der Waals surface area contributed by atoms with Crippen LogP contribution in [0.15, 0.2) is 0 Å². The third-order valence-electron chi connectivity index (χ3n) is 4.80. The maximum Gasteiger partial charge on any atom is 0.185 e. The van der Waals surface area contributed by atoms with Gasteiger partial charge in [-0.1, -0.05) is 20.8 Å². The van der Waals surface area contributed by atoms with Crippen molar-refractivity contribution in [1.29, 1.82) is 0 Å². The lowest BCUT2D eigenvalue weighted by Gasteiger charge is -2.26. The molecule has 20 heavy (non-hydrogen) atoms. The Bertz CT molecular complexity index is 423. The van der Waals surface area contributed by atoms with Gasteiger partial charge in [-0.2, -0.15) is 0 Å². The van der Waals surface area contributed by atoms with E-state index >= 15 is 0 Å². The van der Waals surface area contributed by atoms with E-state index in [1.807, 2.05) is 11.3 Å².